The van der Waals surface area contributed by atoms with Crippen molar-refractivity contribution in [1.82, 2.24) is 9.88 Å². The number of fused-ring (bicyclic) bond motifs is 6. The molecule has 0 radical (unpaired) electrons. The quantitative estimate of drug-likeness (QED) is 0.374. The van der Waals surface area contributed by atoms with Crippen LogP contribution in [0.3, 0.4) is 0 Å². The molecule has 0 unspecified atom stereocenters. The smallest absolute Gasteiger partial charge is 0.338 e. The molecule has 1 saturated heterocycles. The molecule has 11 nitrogen and oxygen atoms in total. The van der Waals surface area contributed by atoms with Gasteiger partial charge in [0.2, 0.25) is 5.75 Å². The molecule has 1 N–H and O–H groups in total. The molecule has 0 spiro atoms. The van der Waals surface area contributed by atoms with Crippen LogP contribution in [0, 0.1) is 17.8 Å². The van der Waals surface area contributed by atoms with Gasteiger partial charge in [0.1, 0.15) is 18.0 Å². The van der Waals surface area contributed by atoms with Crippen LogP contribution in [-0.4, -0.2) is 89.8 Å². The fourth-order valence-electron chi connectivity index (χ4n) is 7.76. The topological polar surface area (TPSA) is 118 Å². The van der Waals surface area contributed by atoms with Crippen LogP contribution in [0.15, 0.2) is 30.3 Å². The molecule has 0 amide bonds. The Kier molecular flexibility index (Phi) is 8.34. The molecule has 3 aromatic rings. The lowest BCUT2D eigenvalue weighted by molar-refractivity contribution is -0.176. The Morgan fingerprint density at radius 2 is 1.66 bits per heavy atom. The van der Waals surface area contributed by atoms with Gasteiger partial charge in [-0.15, -0.1) is 0 Å². The van der Waals surface area contributed by atoms with E-state index in [-0.39, 0.29) is 29.4 Å². The maximum Gasteiger partial charge on any atom is 0.338 e. The standard InChI is InChI=1S/C33H40N2O9/c1-38-19-7-8-20-21-9-10-35-16-18-13-27(44-32(36)17-11-25(39-2)30(41-4)26(12-17)40-3)31(42-5)28(33(37)43-6)22(18)15-24(35)29(21)34-23(20)14-19/h7-8,11-12,14,18,22,24,27-28,31,34H,9-10,13,15-16H2,1-6H3/t18-,22+,24+,27-,28+,31-/m0/s1. The van der Waals surface area contributed by atoms with E-state index in [0.717, 1.165) is 37.2 Å². The number of esters is 2. The predicted molar refractivity (Wildman–Crippen MR) is 161 cm³/mol. The van der Waals surface area contributed by atoms with Gasteiger partial charge in [-0.3, -0.25) is 9.69 Å². The normalized spacial score (nSPS) is 26.1. The van der Waals surface area contributed by atoms with Gasteiger partial charge >= 0.3 is 11.9 Å². The number of carbonyl (C=O) groups excluding carboxylic acids is 2. The first kappa shape index (κ1) is 30.1. The Hall–Kier alpha value is -3.96. The number of methoxy groups -OCH3 is 6. The highest BCUT2D eigenvalue weighted by Crippen LogP contribution is 2.51. The van der Waals surface area contributed by atoms with E-state index in [4.69, 9.17) is 33.2 Å². The number of nitrogens with zero attached hydrogens (tertiary/aromatic N) is 1. The van der Waals surface area contributed by atoms with E-state index < -0.39 is 24.1 Å². The summed E-state index contributed by atoms with van der Waals surface area (Å²) < 4.78 is 39.1. The molecule has 2 aliphatic heterocycles. The van der Waals surface area contributed by atoms with E-state index in [1.807, 2.05) is 12.1 Å². The summed E-state index contributed by atoms with van der Waals surface area (Å²) in [6.07, 6.45) is 0.920. The number of aromatic amines is 1. The van der Waals surface area contributed by atoms with Gasteiger partial charge in [-0.1, -0.05) is 0 Å². The van der Waals surface area contributed by atoms with Crippen LogP contribution in [0.2, 0.25) is 0 Å². The highest BCUT2D eigenvalue weighted by Gasteiger charge is 2.54. The van der Waals surface area contributed by atoms with Crippen LogP contribution in [0.4, 0.5) is 0 Å². The molecule has 1 aliphatic carbocycles. The van der Waals surface area contributed by atoms with E-state index in [1.54, 1.807) is 26.4 Å². The van der Waals surface area contributed by atoms with Gasteiger partial charge in [-0.05, 0) is 60.9 Å². The second kappa shape index (κ2) is 12.2. The van der Waals surface area contributed by atoms with Crippen LogP contribution < -0.4 is 18.9 Å². The predicted octanol–water partition coefficient (Wildman–Crippen LogP) is 4.17. The minimum absolute atomic E-state index is 0.0170. The Morgan fingerprint density at radius 3 is 2.30 bits per heavy atom. The summed E-state index contributed by atoms with van der Waals surface area (Å²) in [5.74, 6) is 0.441. The number of rotatable bonds is 8. The van der Waals surface area contributed by atoms with E-state index >= 15 is 0 Å². The Labute approximate surface area is 256 Å². The highest BCUT2D eigenvalue weighted by molar-refractivity contribution is 5.91. The van der Waals surface area contributed by atoms with Gasteiger partial charge in [0.15, 0.2) is 11.5 Å². The van der Waals surface area contributed by atoms with E-state index in [2.05, 4.69) is 16.0 Å². The lowest BCUT2D eigenvalue weighted by atomic mass is 9.63. The van der Waals surface area contributed by atoms with Gasteiger partial charge < -0.3 is 38.1 Å². The minimum Gasteiger partial charge on any atom is -0.497 e. The molecule has 44 heavy (non-hydrogen) atoms. The molecule has 2 fully saturated rings. The number of hydrogen-bond donors (Lipinski definition) is 1. The number of benzene rings is 2. The van der Waals surface area contributed by atoms with Gasteiger partial charge in [0.05, 0.1) is 53.1 Å². The third kappa shape index (κ3) is 5.01. The second-order valence-electron chi connectivity index (χ2n) is 11.7. The monoisotopic (exact) mass is 608 g/mol. The van der Waals surface area contributed by atoms with Crippen LogP contribution in [-0.2, 0) is 25.4 Å². The minimum atomic E-state index is -0.670. The van der Waals surface area contributed by atoms with Crippen molar-refractivity contribution in [3.8, 4) is 23.0 Å². The maximum absolute atomic E-state index is 13.5. The van der Waals surface area contributed by atoms with E-state index in [1.165, 1.54) is 45.1 Å². The van der Waals surface area contributed by atoms with Gasteiger partial charge in [-0.2, -0.15) is 0 Å². The van der Waals surface area contributed by atoms with Crippen molar-refractivity contribution in [2.75, 3.05) is 55.7 Å². The molecule has 236 valence electrons. The van der Waals surface area contributed by atoms with Crippen molar-refractivity contribution < 1.29 is 42.7 Å². The molecule has 6 atom stereocenters. The molecular formula is C33H40N2O9. The van der Waals surface area contributed by atoms with Crippen LogP contribution in [0.25, 0.3) is 10.9 Å². The average Bonchev–Trinajstić information content (AvgIpc) is 3.43. The summed E-state index contributed by atoms with van der Waals surface area (Å²) in [5, 5.41) is 1.21. The van der Waals surface area contributed by atoms with Crippen LogP contribution in [0.5, 0.6) is 23.0 Å². The summed E-state index contributed by atoms with van der Waals surface area (Å²) in [6, 6.07) is 9.40. The van der Waals surface area contributed by atoms with Crippen LogP contribution in [0.1, 0.15) is 40.5 Å². The summed E-state index contributed by atoms with van der Waals surface area (Å²) in [6.45, 7) is 1.68. The molecule has 1 saturated carbocycles. The first-order valence-electron chi connectivity index (χ1n) is 14.9. The highest BCUT2D eigenvalue weighted by atomic mass is 16.6. The van der Waals surface area contributed by atoms with Crippen LogP contribution >= 0.6 is 0 Å². The Balaban J connectivity index is 1.29. The Bertz CT molecular complexity index is 1530. The zero-order chi connectivity index (χ0) is 31.1. The number of carbonyl (C=O) groups is 2. The fourth-order valence-corrected chi connectivity index (χ4v) is 7.76. The van der Waals surface area contributed by atoms with Crippen molar-refractivity contribution in [3.63, 3.8) is 0 Å². The molecule has 3 heterocycles. The summed E-state index contributed by atoms with van der Waals surface area (Å²) in [7, 11) is 9.10. The zero-order valence-electron chi connectivity index (χ0n) is 26.0. The lowest BCUT2D eigenvalue weighted by Crippen LogP contribution is -2.58. The molecule has 3 aliphatic rings. The number of nitrogens with one attached hydrogen (secondary N) is 1. The molecule has 6 rings (SSSR count). The summed E-state index contributed by atoms with van der Waals surface area (Å²) in [4.78, 5) is 33.1. The number of piperidine rings is 1. The lowest BCUT2D eigenvalue weighted by Gasteiger charge is -2.52. The van der Waals surface area contributed by atoms with Crippen molar-refractivity contribution in [2.24, 2.45) is 17.8 Å². The van der Waals surface area contributed by atoms with Crippen molar-refractivity contribution in [1.29, 1.82) is 0 Å². The molecule has 11 heteroatoms. The average molecular weight is 609 g/mol. The molecule has 2 aromatic carbocycles. The first-order valence-corrected chi connectivity index (χ1v) is 14.9. The number of aromatic nitrogens is 1. The van der Waals surface area contributed by atoms with Crippen molar-refractivity contribution >= 4 is 22.8 Å². The van der Waals surface area contributed by atoms with Crippen molar-refractivity contribution in [3.05, 3.63) is 47.2 Å². The Morgan fingerprint density at radius 1 is 0.909 bits per heavy atom. The number of hydrogen-bond acceptors (Lipinski definition) is 10. The SMILES string of the molecule is COC(=O)[C@@H]1[C@@H]2C[C@@H]3c4[nH]c5cc(OC)ccc5c4CCN3C[C@@H]2C[C@H](OC(=O)c2cc(OC)c(OC)c(OC)c2)[C@@H]1OC. The van der Waals surface area contributed by atoms with Crippen molar-refractivity contribution in [2.45, 2.75) is 37.5 Å². The third-order valence-corrected chi connectivity index (χ3v) is 9.76. The van der Waals surface area contributed by atoms with Gasteiger partial charge in [-0.25, -0.2) is 4.79 Å². The number of ether oxygens (including phenoxy) is 7. The van der Waals surface area contributed by atoms with Gasteiger partial charge in [0, 0.05) is 42.9 Å². The zero-order valence-corrected chi connectivity index (χ0v) is 26.0. The largest absolute Gasteiger partial charge is 0.497 e. The van der Waals surface area contributed by atoms with E-state index in [0.29, 0.717) is 23.7 Å². The third-order valence-electron chi connectivity index (χ3n) is 9.76. The fraction of sp³-hybridized carbons (Fsp3) is 0.515. The first-order chi connectivity index (χ1) is 21.3. The number of H-pyrrole nitrogens is 1. The maximum atomic E-state index is 13.5. The molecule has 0 bridgehead atoms. The molecular weight excluding hydrogens is 568 g/mol. The molecule has 1 aromatic heterocycles. The van der Waals surface area contributed by atoms with E-state index in [9.17, 15) is 9.59 Å². The van der Waals surface area contributed by atoms with Gasteiger partial charge in [0.25, 0.3) is 0 Å². The summed E-state index contributed by atoms with van der Waals surface area (Å²) in [5.41, 5.74) is 3.83. The summed E-state index contributed by atoms with van der Waals surface area (Å²) >= 11 is 0. The second-order valence-corrected chi connectivity index (χ2v) is 11.7.